The fourth-order valence-electron chi connectivity index (χ4n) is 3.39. The molecule has 3 heteroatoms. The molecule has 0 radical (unpaired) electrons. The van der Waals surface area contributed by atoms with Crippen LogP contribution >= 0.6 is 0 Å². The third kappa shape index (κ3) is 2.65. The number of hydrogen-bond acceptors (Lipinski definition) is 3. The van der Waals surface area contributed by atoms with E-state index >= 15 is 0 Å². The predicted molar refractivity (Wildman–Crippen MR) is 65.6 cm³/mol. The maximum absolute atomic E-state index is 12.1. The highest BCUT2D eigenvalue weighted by atomic mass is 16.5. The average molecular weight is 240 g/mol. The van der Waals surface area contributed by atoms with Crippen molar-refractivity contribution >= 4 is 5.97 Å². The van der Waals surface area contributed by atoms with Crippen LogP contribution in [0.15, 0.2) is 0 Å². The number of carbonyl (C=O) groups excluding carboxylic acids is 1. The summed E-state index contributed by atoms with van der Waals surface area (Å²) in [6.45, 7) is 3.74. The Morgan fingerprint density at radius 3 is 2.41 bits per heavy atom. The first-order chi connectivity index (χ1) is 8.16. The predicted octanol–water partition coefficient (Wildman–Crippen LogP) is 2.78. The lowest BCUT2D eigenvalue weighted by Crippen LogP contribution is -2.43. The first-order valence-electron chi connectivity index (χ1n) is 6.83. The lowest BCUT2D eigenvalue weighted by atomic mass is 9.65. The molecular formula is C14H24O3. The number of ether oxygens (including phenoxy) is 2. The van der Waals surface area contributed by atoms with Gasteiger partial charge in [0.15, 0.2) is 0 Å². The van der Waals surface area contributed by atoms with Crippen molar-refractivity contribution in [1.82, 2.24) is 0 Å². The second kappa shape index (κ2) is 5.38. The number of methoxy groups -OCH3 is 1. The van der Waals surface area contributed by atoms with E-state index in [2.05, 4.69) is 6.92 Å². The van der Waals surface area contributed by atoms with Gasteiger partial charge in [-0.05, 0) is 32.1 Å². The van der Waals surface area contributed by atoms with Gasteiger partial charge in [0.1, 0.15) is 0 Å². The SMILES string of the molecule is COC(=O)C(C)(CC1COC1)C1CCCCC1. The van der Waals surface area contributed by atoms with Gasteiger partial charge in [0.2, 0.25) is 0 Å². The van der Waals surface area contributed by atoms with Crippen LogP contribution in [0, 0.1) is 17.3 Å². The highest BCUT2D eigenvalue weighted by molar-refractivity contribution is 5.76. The van der Waals surface area contributed by atoms with Gasteiger partial charge in [0.25, 0.3) is 0 Å². The monoisotopic (exact) mass is 240 g/mol. The van der Waals surface area contributed by atoms with Crippen molar-refractivity contribution in [2.45, 2.75) is 45.4 Å². The maximum Gasteiger partial charge on any atom is 0.311 e. The lowest BCUT2D eigenvalue weighted by molar-refractivity contribution is -0.161. The minimum atomic E-state index is -0.288. The van der Waals surface area contributed by atoms with Gasteiger partial charge in [0, 0.05) is 5.92 Å². The minimum Gasteiger partial charge on any atom is -0.469 e. The molecule has 2 fully saturated rings. The lowest BCUT2D eigenvalue weighted by Gasteiger charge is -2.41. The Balaban J connectivity index is 2.06. The van der Waals surface area contributed by atoms with Gasteiger partial charge in [0.05, 0.1) is 25.7 Å². The average Bonchev–Trinajstić information content (AvgIpc) is 2.33. The fraction of sp³-hybridized carbons (Fsp3) is 0.929. The van der Waals surface area contributed by atoms with E-state index in [9.17, 15) is 4.79 Å². The maximum atomic E-state index is 12.1. The number of esters is 1. The Labute approximate surface area is 104 Å². The van der Waals surface area contributed by atoms with Gasteiger partial charge in [-0.1, -0.05) is 19.3 Å². The van der Waals surface area contributed by atoms with E-state index in [0.717, 1.165) is 19.6 Å². The van der Waals surface area contributed by atoms with E-state index in [1.165, 1.54) is 39.2 Å². The molecule has 2 aliphatic rings. The largest absolute Gasteiger partial charge is 0.469 e. The first kappa shape index (κ1) is 12.9. The molecule has 0 aromatic carbocycles. The van der Waals surface area contributed by atoms with Crippen LogP contribution in [-0.4, -0.2) is 26.3 Å². The van der Waals surface area contributed by atoms with E-state index in [1.54, 1.807) is 0 Å². The number of rotatable bonds is 4. The van der Waals surface area contributed by atoms with Crippen LogP contribution in [0.2, 0.25) is 0 Å². The molecular weight excluding hydrogens is 216 g/mol. The molecule has 98 valence electrons. The van der Waals surface area contributed by atoms with E-state index in [1.807, 2.05) is 0 Å². The van der Waals surface area contributed by atoms with Crippen molar-refractivity contribution in [2.24, 2.45) is 17.3 Å². The summed E-state index contributed by atoms with van der Waals surface area (Å²) in [6.07, 6.45) is 7.14. The van der Waals surface area contributed by atoms with Crippen LogP contribution in [0.3, 0.4) is 0 Å². The van der Waals surface area contributed by atoms with Crippen molar-refractivity contribution in [3.05, 3.63) is 0 Å². The van der Waals surface area contributed by atoms with Gasteiger partial charge in [-0.2, -0.15) is 0 Å². The molecule has 0 amide bonds. The van der Waals surface area contributed by atoms with Crippen LogP contribution < -0.4 is 0 Å². The Morgan fingerprint density at radius 1 is 1.29 bits per heavy atom. The summed E-state index contributed by atoms with van der Waals surface area (Å²) in [5.41, 5.74) is -0.288. The summed E-state index contributed by atoms with van der Waals surface area (Å²) in [4.78, 5) is 12.1. The molecule has 2 rings (SSSR count). The van der Waals surface area contributed by atoms with Crippen molar-refractivity contribution in [3.63, 3.8) is 0 Å². The standard InChI is InChI=1S/C14H24O3/c1-14(13(15)16-2,8-11-9-17-10-11)12-6-4-3-5-7-12/h11-12H,3-10H2,1-2H3. The van der Waals surface area contributed by atoms with Crippen LogP contribution in [0.25, 0.3) is 0 Å². The van der Waals surface area contributed by atoms with Gasteiger partial charge in [-0.3, -0.25) is 4.79 Å². The molecule has 1 aliphatic carbocycles. The second-order valence-corrected chi connectivity index (χ2v) is 5.85. The van der Waals surface area contributed by atoms with Gasteiger partial charge in [-0.25, -0.2) is 0 Å². The summed E-state index contributed by atoms with van der Waals surface area (Å²) in [7, 11) is 1.51. The molecule has 1 atom stereocenters. The molecule has 0 bridgehead atoms. The Bertz CT molecular complexity index is 267. The molecule has 1 saturated carbocycles. The quantitative estimate of drug-likeness (QED) is 0.709. The van der Waals surface area contributed by atoms with Crippen LogP contribution in [0.4, 0.5) is 0 Å². The van der Waals surface area contributed by atoms with Gasteiger partial charge < -0.3 is 9.47 Å². The number of carbonyl (C=O) groups is 1. The van der Waals surface area contributed by atoms with E-state index < -0.39 is 0 Å². The fourth-order valence-corrected chi connectivity index (χ4v) is 3.39. The van der Waals surface area contributed by atoms with E-state index in [0.29, 0.717) is 11.8 Å². The van der Waals surface area contributed by atoms with Gasteiger partial charge >= 0.3 is 5.97 Å². The molecule has 1 heterocycles. The summed E-state index contributed by atoms with van der Waals surface area (Å²) < 4.78 is 10.3. The van der Waals surface area contributed by atoms with E-state index in [4.69, 9.17) is 9.47 Å². The molecule has 0 aromatic heterocycles. The van der Waals surface area contributed by atoms with Crippen LogP contribution in [0.5, 0.6) is 0 Å². The Hall–Kier alpha value is -0.570. The third-order valence-corrected chi connectivity index (χ3v) is 4.58. The summed E-state index contributed by atoms with van der Waals surface area (Å²) in [5, 5.41) is 0. The highest BCUT2D eigenvalue weighted by Gasteiger charge is 2.45. The van der Waals surface area contributed by atoms with Crippen molar-refractivity contribution < 1.29 is 14.3 Å². The smallest absolute Gasteiger partial charge is 0.311 e. The van der Waals surface area contributed by atoms with Crippen molar-refractivity contribution in [3.8, 4) is 0 Å². The highest BCUT2D eigenvalue weighted by Crippen LogP contribution is 2.44. The zero-order valence-electron chi connectivity index (χ0n) is 11.0. The molecule has 0 spiro atoms. The third-order valence-electron chi connectivity index (χ3n) is 4.58. The molecule has 1 unspecified atom stereocenters. The minimum absolute atomic E-state index is 0.0173. The molecule has 1 saturated heterocycles. The normalized spacial score (nSPS) is 26.0. The van der Waals surface area contributed by atoms with Crippen molar-refractivity contribution in [1.29, 1.82) is 0 Å². The molecule has 1 aliphatic heterocycles. The first-order valence-corrected chi connectivity index (χ1v) is 6.83. The van der Waals surface area contributed by atoms with Gasteiger partial charge in [-0.15, -0.1) is 0 Å². The van der Waals surface area contributed by atoms with Crippen LogP contribution in [0.1, 0.15) is 45.4 Å². The second-order valence-electron chi connectivity index (χ2n) is 5.85. The zero-order valence-corrected chi connectivity index (χ0v) is 11.0. The number of hydrogen-bond donors (Lipinski definition) is 0. The molecule has 0 aromatic rings. The Kier molecular flexibility index (Phi) is 4.08. The van der Waals surface area contributed by atoms with Crippen molar-refractivity contribution in [2.75, 3.05) is 20.3 Å². The summed E-state index contributed by atoms with van der Waals surface area (Å²) in [6, 6.07) is 0. The topological polar surface area (TPSA) is 35.5 Å². The Morgan fingerprint density at radius 2 is 1.94 bits per heavy atom. The van der Waals surface area contributed by atoms with Crippen LogP contribution in [-0.2, 0) is 14.3 Å². The molecule has 0 N–H and O–H groups in total. The molecule has 3 nitrogen and oxygen atoms in total. The zero-order chi connectivity index (χ0) is 12.3. The summed E-state index contributed by atoms with van der Waals surface area (Å²) >= 11 is 0. The summed E-state index contributed by atoms with van der Waals surface area (Å²) in [5.74, 6) is 1.04. The molecule has 17 heavy (non-hydrogen) atoms. The van der Waals surface area contributed by atoms with E-state index in [-0.39, 0.29) is 11.4 Å².